The molecule has 1 amide bonds. The van der Waals surface area contributed by atoms with Crippen LogP contribution in [0.15, 0.2) is 79.1 Å². The number of aryl methyl sites for hydroxylation is 1. The standard InChI is InChI=1S/C23H20ClN3O/c1-17-8-7-11-19(24)23(17)25-22(28)15-27-16-26(14-18-9-3-2-4-10-18)20-12-5-6-13-21(20)27/h2-13,16H,14-15H2,1H3/p+1. The number of para-hydroxylation sites is 3. The molecule has 0 aliphatic heterocycles. The Morgan fingerprint density at radius 2 is 1.75 bits per heavy atom. The maximum atomic E-state index is 12.7. The SMILES string of the molecule is Cc1cccc(Cl)c1NC(=O)Cn1c[n+](Cc2ccccc2)c2ccccc21. The van der Waals surface area contributed by atoms with Crippen LogP contribution in [0.2, 0.25) is 5.02 Å². The molecule has 1 heterocycles. The van der Waals surface area contributed by atoms with Crippen molar-refractivity contribution >= 4 is 34.2 Å². The quantitative estimate of drug-likeness (QED) is 0.498. The van der Waals surface area contributed by atoms with Gasteiger partial charge < -0.3 is 5.32 Å². The van der Waals surface area contributed by atoms with Crippen molar-refractivity contribution in [3.05, 3.63) is 95.3 Å². The molecule has 1 N–H and O–H groups in total. The number of anilines is 1. The molecule has 0 saturated carbocycles. The molecule has 0 atom stereocenters. The van der Waals surface area contributed by atoms with Crippen LogP contribution in [0.3, 0.4) is 0 Å². The first-order valence-electron chi connectivity index (χ1n) is 9.18. The Kier molecular flexibility index (Phi) is 5.13. The molecule has 1 aromatic heterocycles. The molecule has 4 aromatic rings. The lowest BCUT2D eigenvalue weighted by Crippen LogP contribution is -2.33. The fourth-order valence-electron chi connectivity index (χ4n) is 3.40. The second-order valence-electron chi connectivity index (χ2n) is 6.83. The van der Waals surface area contributed by atoms with E-state index in [1.165, 1.54) is 5.56 Å². The van der Waals surface area contributed by atoms with E-state index in [2.05, 4.69) is 28.1 Å². The lowest BCUT2D eigenvalue weighted by atomic mass is 10.2. The Balaban J connectivity index is 1.61. The molecule has 0 unspecified atom stereocenters. The van der Waals surface area contributed by atoms with Crippen LogP contribution >= 0.6 is 11.6 Å². The number of imidazole rings is 1. The fourth-order valence-corrected chi connectivity index (χ4v) is 3.67. The summed E-state index contributed by atoms with van der Waals surface area (Å²) in [5, 5.41) is 3.50. The van der Waals surface area contributed by atoms with Crippen LogP contribution in [0, 0.1) is 6.92 Å². The van der Waals surface area contributed by atoms with Crippen molar-refractivity contribution in [2.75, 3.05) is 5.32 Å². The van der Waals surface area contributed by atoms with Gasteiger partial charge in [-0.25, -0.2) is 9.13 Å². The van der Waals surface area contributed by atoms with Gasteiger partial charge in [0.15, 0.2) is 17.6 Å². The van der Waals surface area contributed by atoms with E-state index in [0.29, 0.717) is 10.7 Å². The number of carbonyl (C=O) groups excluding carboxylic acids is 1. The van der Waals surface area contributed by atoms with E-state index in [9.17, 15) is 4.79 Å². The predicted molar refractivity (Wildman–Crippen MR) is 112 cm³/mol. The van der Waals surface area contributed by atoms with E-state index in [1.807, 2.05) is 66.3 Å². The van der Waals surface area contributed by atoms with Gasteiger partial charge in [0, 0.05) is 0 Å². The average molecular weight is 391 g/mol. The highest BCUT2D eigenvalue weighted by molar-refractivity contribution is 6.33. The van der Waals surface area contributed by atoms with E-state index >= 15 is 0 Å². The van der Waals surface area contributed by atoms with Crippen molar-refractivity contribution in [3.8, 4) is 0 Å². The van der Waals surface area contributed by atoms with Crippen LogP contribution in [0.5, 0.6) is 0 Å². The number of hydrogen-bond donors (Lipinski definition) is 1. The van der Waals surface area contributed by atoms with Crippen LogP contribution in [-0.2, 0) is 17.9 Å². The van der Waals surface area contributed by atoms with Crippen molar-refractivity contribution in [1.82, 2.24) is 4.57 Å². The summed E-state index contributed by atoms with van der Waals surface area (Å²) in [4.78, 5) is 12.7. The van der Waals surface area contributed by atoms with Crippen molar-refractivity contribution in [3.63, 3.8) is 0 Å². The van der Waals surface area contributed by atoms with Crippen LogP contribution in [-0.4, -0.2) is 10.5 Å². The Morgan fingerprint density at radius 3 is 2.54 bits per heavy atom. The van der Waals surface area contributed by atoms with Crippen molar-refractivity contribution in [2.45, 2.75) is 20.0 Å². The van der Waals surface area contributed by atoms with E-state index in [4.69, 9.17) is 11.6 Å². The molecule has 0 bridgehead atoms. The smallest absolute Gasteiger partial charge is 0.266 e. The molecule has 0 fully saturated rings. The summed E-state index contributed by atoms with van der Waals surface area (Å²) in [6.07, 6.45) is 2.00. The molecule has 0 spiro atoms. The predicted octanol–water partition coefficient (Wildman–Crippen LogP) is 4.58. The molecule has 5 heteroatoms. The maximum absolute atomic E-state index is 12.7. The molecule has 0 radical (unpaired) electrons. The monoisotopic (exact) mass is 390 g/mol. The first kappa shape index (κ1) is 18.3. The number of nitrogens with one attached hydrogen (secondary N) is 1. The first-order valence-corrected chi connectivity index (χ1v) is 9.56. The summed E-state index contributed by atoms with van der Waals surface area (Å²) in [6.45, 7) is 2.90. The summed E-state index contributed by atoms with van der Waals surface area (Å²) in [6, 6.07) is 24.0. The molecule has 4 nitrogen and oxygen atoms in total. The van der Waals surface area contributed by atoms with Gasteiger partial charge in [-0.1, -0.05) is 66.2 Å². The third kappa shape index (κ3) is 3.78. The Bertz CT molecular complexity index is 1120. The molecule has 0 saturated heterocycles. The number of amides is 1. The van der Waals surface area contributed by atoms with E-state index in [-0.39, 0.29) is 12.5 Å². The Labute approximate surface area is 169 Å². The van der Waals surface area contributed by atoms with Crippen molar-refractivity contribution in [2.24, 2.45) is 0 Å². The van der Waals surface area contributed by atoms with Gasteiger partial charge in [0.05, 0.1) is 10.7 Å². The highest BCUT2D eigenvalue weighted by Crippen LogP contribution is 2.25. The van der Waals surface area contributed by atoms with Gasteiger partial charge in [-0.2, -0.15) is 0 Å². The highest BCUT2D eigenvalue weighted by Gasteiger charge is 2.18. The van der Waals surface area contributed by atoms with Gasteiger partial charge in [-0.05, 0) is 36.2 Å². The number of carbonyl (C=O) groups is 1. The number of rotatable bonds is 5. The van der Waals surface area contributed by atoms with Gasteiger partial charge in [-0.3, -0.25) is 4.79 Å². The summed E-state index contributed by atoms with van der Waals surface area (Å²) >= 11 is 6.24. The van der Waals surface area contributed by atoms with Crippen LogP contribution in [0.4, 0.5) is 5.69 Å². The minimum Gasteiger partial charge on any atom is -0.321 e. The average Bonchev–Trinajstić information content (AvgIpc) is 3.03. The summed E-state index contributed by atoms with van der Waals surface area (Å²) in [7, 11) is 0. The molecular formula is C23H21ClN3O+. The Hall–Kier alpha value is -3.11. The van der Waals surface area contributed by atoms with Crippen LogP contribution < -0.4 is 9.88 Å². The summed E-state index contributed by atoms with van der Waals surface area (Å²) < 4.78 is 4.14. The first-order chi connectivity index (χ1) is 13.6. The van der Waals surface area contributed by atoms with Crippen molar-refractivity contribution in [1.29, 1.82) is 0 Å². The Morgan fingerprint density at radius 1 is 1.00 bits per heavy atom. The molecule has 4 rings (SSSR count). The summed E-state index contributed by atoms with van der Waals surface area (Å²) in [5.74, 6) is -0.108. The molecule has 0 aliphatic rings. The van der Waals surface area contributed by atoms with Gasteiger partial charge in [0.25, 0.3) is 5.91 Å². The molecule has 0 aliphatic carbocycles. The van der Waals surface area contributed by atoms with Crippen LogP contribution in [0.1, 0.15) is 11.1 Å². The van der Waals surface area contributed by atoms with E-state index < -0.39 is 0 Å². The largest absolute Gasteiger partial charge is 0.321 e. The lowest BCUT2D eigenvalue weighted by molar-refractivity contribution is -0.663. The second kappa shape index (κ2) is 7.87. The number of fused-ring (bicyclic) bond motifs is 1. The number of aromatic nitrogens is 2. The highest BCUT2D eigenvalue weighted by atomic mass is 35.5. The van der Waals surface area contributed by atoms with Gasteiger partial charge in [0.1, 0.15) is 6.54 Å². The van der Waals surface area contributed by atoms with Gasteiger partial charge >= 0.3 is 0 Å². The molecule has 28 heavy (non-hydrogen) atoms. The minimum atomic E-state index is -0.108. The number of nitrogens with zero attached hydrogens (tertiary/aromatic N) is 2. The second-order valence-corrected chi connectivity index (χ2v) is 7.23. The zero-order valence-electron chi connectivity index (χ0n) is 15.6. The van der Waals surface area contributed by atoms with Crippen LogP contribution in [0.25, 0.3) is 11.0 Å². The molecular weight excluding hydrogens is 370 g/mol. The molecule has 140 valence electrons. The van der Waals surface area contributed by atoms with Gasteiger partial charge in [0.2, 0.25) is 6.33 Å². The van der Waals surface area contributed by atoms with Crippen molar-refractivity contribution < 1.29 is 9.36 Å². The fraction of sp³-hybridized carbons (Fsp3) is 0.130. The zero-order valence-corrected chi connectivity index (χ0v) is 16.4. The lowest BCUT2D eigenvalue weighted by Gasteiger charge is -2.09. The maximum Gasteiger partial charge on any atom is 0.266 e. The summed E-state index contributed by atoms with van der Waals surface area (Å²) in [5.41, 5.74) is 4.93. The minimum absolute atomic E-state index is 0.108. The van der Waals surface area contributed by atoms with E-state index in [1.54, 1.807) is 6.07 Å². The third-order valence-electron chi connectivity index (χ3n) is 4.78. The van der Waals surface area contributed by atoms with Gasteiger partial charge in [-0.15, -0.1) is 0 Å². The zero-order chi connectivity index (χ0) is 19.5. The number of benzene rings is 3. The normalized spacial score (nSPS) is 10.9. The number of hydrogen-bond acceptors (Lipinski definition) is 1. The number of halogens is 1. The van der Waals surface area contributed by atoms with E-state index in [0.717, 1.165) is 23.1 Å². The third-order valence-corrected chi connectivity index (χ3v) is 5.09. The topological polar surface area (TPSA) is 37.9 Å². The molecule has 3 aromatic carbocycles.